The van der Waals surface area contributed by atoms with Crippen LogP contribution in [0.3, 0.4) is 0 Å². The Hall–Kier alpha value is -2.17. The topological polar surface area (TPSA) is 43.3 Å². The van der Waals surface area contributed by atoms with E-state index in [1.54, 1.807) is 11.3 Å². The molecule has 3 nitrogen and oxygen atoms in total. The lowest BCUT2D eigenvalue weighted by atomic mass is 10.0. The highest BCUT2D eigenvalue weighted by Crippen LogP contribution is 2.32. The number of nitrogens with zero attached hydrogens (tertiary/aromatic N) is 2. The summed E-state index contributed by atoms with van der Waals surface area (Å²) in [5.74, 6) is 0. The highest BCUT2D eigenvalue weighted by Gasteiger charge is 2.14. The first-order valence-electron chi connectivity index (χ1n) is 7.37. The monoisotopic (exact) mass is 307 g/mol. The molecule has 1 atom stereocenters. The predicted octanol–water partition coefficient (Wildman–Crippen LogP) is 4.54. The van der Waals surface area contributed by atoms with Gasteiger partial charge in [0.1, 0.15) is 0 Å². The maximum Gasteiger partial charge on any atom is 0.195 e. The van der Waals surface area contributed by atoms with Gasteiger partial charge in [0.25, 0.3) is 0 Å². The molecule has 4 aromatic rings. The van der Waals surface area contributed by atoms with E-state index in [2.05, 4.69) is 59.9 Å². The van der Waals surface area contributed by atoms with E-state index in [-0.39, 0.29) is 6.04 Å². The fourth-order valence-electron chi connectivity index (χ4n) is 2.87. The Labute approximate surface area is 133 Å². The molecule has 0 aliphatic heterocycles. The van der Waals surface area contributed by atoms with E-state index in [1.165, 1.54) is 15.9 Å². The summed E-state index contributed by atoms with van der Waals surface area (Å²) in [6.07, 6.45) is 0. The molecule has 1 unspecified atom stereocenters. The smallest absolute Gasteiger partial charge is 0.195 e. The Morgan fingerprint density at radius 3 is 2.55 bits per heavy atom. The van der Waals surface area contributed by atoms with Crippen LogP contribution >= 0.6 is 11.3 Å². The van der Waals surface area contributed by atoms with Crippen molar-refractivity contribution in [2.45, 2.75) is 19.9 Å². The second-order valence-electron chi connectivity index (χ2n) is 5.64. The maximum absolute atomic E-state index is 5.92. The van der Waals surface area contributed by atoms with Gasteiger partial charge in [0.2, 0.25) is 0 Å². The van der Waals surface area contributed by atoms with Crippen molar-refractivity contribution in [3.8, 4) is 11.3 Å². The average Bonchev–Trinajstić information content (AvgIpc) is 3.04. The van der Waals surface area contributed by atoms with Crippen molar-refractivity contribution in [2.24, 2.45) is 5.73 Å². The van der Waals surface area contributed by atoms with Crippen LogP contribution in [0.4, 0.5) is 0 Å². The number of hydrogen-bond donors (Lipinski definition) is 1. The number of aromatic nitrogens is 2. The Morgan fingerprint density at radius 2 is 1.82 bits per heavy atom. The van der Waals surface area contributed by atoms with Gasteiger partial charge in [-0.1, -0.05) is 47.7 Å². The van der Waals surface area contributed by atoms with Gasteiger partial charge in [0, 0.05) is 17.3 Å². The summed E-state index contributed by atoms with van der Waals surface area (Å²) in [4.78, 5) is 5.89. The van der Waals surface area contributed by atoms with Gasteiger partial charge < -0.3 is 5.73 Å². The summed E-state index contributed by atoms with van der Waals surface area (Å²) in [5, 5.41) is 0. The molecular formula is C18H17N3S. The molecule has 2 heterocycles. The van der Waals surface area contributed by atoms with E-state index >= 15 is 0 Å². The lowest BCUT2D eigenvalue weighted by Gasteiger charge is -2.06. The van der Waals surface area contributed by atoms with Crippen molar-refractivity contribution < 1.29 is 0 Å². The first kappa shape index (κ1) is 13.5. The minimum absolute atomic E-state index is 0.0598. The number of hydrogen-bond acceptors (Lipinski definition) is 3. The summed E-state index contributed by atoms with van der Waals surface area (Å²) < 4.78 is 3.52. The van der Waals surface area contributed by atoms with Crippen LogP contribution in [0.5, 0.6) is 0 Å². The molecule has 0 radical (unpaired) electrons. The van der Waals surface area contributed by atoms with E-state index < -0.39 is 0 Å². The third-order valence-electron chi connectivity index (χ3n) is 4.09. The zero-order chi connectivity index (χ0) is 15.3. The third kappa shape index (κ3) is 1.95. The summed E-state index contributed by atoms with van der Waals surface area (Å²) in [7, 11) is 0. The van der Waals surface area contributed by atoms with Crippen LogP contribution < -0.4 is 5.73 Å². The van der Waals surface area contributed by atoms with Gasteiger partial charge in [-0.3, -0.25) is 4.40 Å². The van der Waals surface area contributed by atoms with Crippen molar-refractivity contribution in [1.29, 1.82) is 0 Å². The van der Waals surface area contributed by atoms with Gasteiger partial charge in [-0.25, -0.2) is 4.98 Å². The summed E-state index contributed by atoms with van der Waals surface area (Å²) in [5.41, 5.74) is 11.7. The molecule has 4 heteroatoms. The van der Waals surface area contributed by atoms with Crippen molar-refractivity contribution in [3.63, 3.8) is 0 Å². The molecule has 0 saturated carbocycles. The first-order valence-corrected chi connectivity index (χ1v) is 8.19. The molecular weight excluding hydrogens is 290 g/mol. The molecule has 0 aliphatic rings. The molecule has 0 fully saturated rings. The van der Waals surface area contributed by atoms with Gasteiger partial charge >= 0.3 is 0 Å². The predicted molar refractivity (Wildman–Crippen MR) is 93.4 cm³/mol. The lowest BCUT2D eigenvalue weighted by molar-refractivity contribution is 0.818. The van der Waals surface area contributed by atoms with Crippen molar-refractivity contribution in [3.05, 3.63) is 59.8 Å². The number of rotatable bonds is 2. The van der Waals surface area contributed by atoms with Crippen LogP contribution in [0, 0.1) is 6.92 Å². The van der Waals surface area contributed by atoms with Crippen molar-refractivity contribution >= 4 is 26.5 Å². The van der Waals surface area contributed by atoms with Gasteiger partial charge in [0.05, 0.1) is 15.9 Å². The number of imidazole rings is 1. The van der Waals surface area contributed by atoms with E-state index in [0.29, 0.717) is 0 Å². The molecule has 0 bridgehead atoms. The largest absolute Gasteiger partial charge is 0.324 e. The van der Waals surface area contributed by atoms with Crippen LogP contribution in [0.1, 0.15) is 24.2 Å². The molecule has 22 heavy (non-hydrogen) atoms. The quantitative estimate of drug-likeness (QED) is 0.590. The molecule has 2 aromatic carbocycles. The second kappa shape index (κ2) is 4.93. The fourth-order valence-corrected chi connectivity index (χ4v) is 3.94. The number of benzene rings is 2. The molecule has 0 spiro atoms. The fraction of sp³-hybridized carbons (Fsp3) is 0.167. The first-order chi connectivity index (χ1) is 10.6. The Bertz CT molecular complexity index is 961. The minimum atomic E-state index is 0.0598. The molecule has 2 aromatic heterocycles. The van der Waals surface area contributed by atoms with Crippen LogP contribution in [-0.2, 0) is 0 Å². The van der Waals surface area contributed by atoms with Gasteiger partial charge in [0.15, 0.2) is 4.96 Å². The maximum atomic E-state index is 5.92. The number of fused-ring (bicyclic) bond motifs is 3. The Balaban J connectivity index is 1.90. The number of aryl methyl sites for hydroxylation is 1. The van der Waals surface area contributed by atoms with Gasteiger partial charge in [-0.15, -0.1) is 0 Å². The highest BCUT2D eigenvalue weighted by molar-refractivity contribution is 7.23. The standard InChI is InChI=1S/C18H17N3S/c1-11(19)13-7-9-14(10-8-13)17-12(2)21-15-5-3-4-6-16(15)22-18(21)20-17/h3-11H,19H2,1-2H3. The molecule has 2 N–H and O–H groups in total. The van der Waals surface area contributed by atoms with Crippen LogP contribution in [0.2, 0.25) is 0 Å². The van der Waals surface area contributed by atoms with E-state index in [9.17, 15) is 0 Å². The van der Waals surface area contributed by atoms with Gasteiger partial charge in [-0.05, 0) is 31.5 Å². The minimum Gasteiger partial charge on any atom is -0.324 e. The summed E-state index contributed by atoms with van der Waals surface area (Å²) in [6.45, 7) is 4.13. The molecule has 0 saturated heterocycles. The number of thiazole rings is 1. The zero-order valence-electron chi connectivity index (χ0n) is 12.6. The highest BCUT2D eigenvalue weighted by atomic mass is 32.1. The SMILES string of the molecule is Cc1c(-c2ccc(C(C)N)cc2)nc2sc3ccccc3n12. The third-order valence-corrected chi connectivity index (χ3v) is 5.12. The van der Waals surface area contributed by atoms with Crippen molar-refractivity contribution in [2.75, 3.05) is 0 Å². The number of para-hydroxylation sites is 1. The summed E-state index contributed by atoms with van der Waals surface area (Å²) in [6, 6.07) is 16.9. The lowest BCUT2D eigenvalue weighted by Crippen LogP contribution is -2.04. The number of nitrogens with two attached hydrogens (primary N) is 1. The van der Waals surface area contributed by atoms with E-state index in [1.807, 2.05) is 6.92 Å². The molecule has 4 rings (SSSR count). The van der Waals surface area contributed by atoms with E-state index in [4.69, 9.17) is 10.7 Å². The van der Waals surface area contributed by atoms with E-state index in [0.717, 1.165) is 21.8 Å². The zero-order valence-corrected chi connectivity index (χ0v) is 13.4. The Kier molecular flexibility index (Phi) is 3.03. The molecule has 0 aliphatic carbocycles. The average molecular weight is 307 g/mol. The normalized spacial score (nSPS) is 13.0. The summed E-state index contributed by atoms with van der Waals surface area (Å²) >= 11 is 1.73. The molecule has 0 amide bonds. The molecule has 110 valence electrons. The van der Waals surface area contributed by atoms with Crippen LogP contribution in [0.15, 0.2) is 48.5 Å². The van der Waals surface area contributed by atoms with Crippen molar-refractivity contribution in [1.82, 2.24) is 9.38 Å². The van der Waals surface area contributed by atoms with Gasteiger partial charge in [-0.2, -0.15) is 0 Å². The Morgan fingerprint density at radius 1 is 1.09 bits per heavy atom. The van der Waals surface area contributed by atoms with Crippen LogP contribution in [-0.4, -0.2) is 9.38 Å². The van der Waals surface area contributed by atoms with Crippen LogP contribution in [0.25, 0.3) is 26.4 Å². The second-order valence-corrected chi connectivity index (χ2v) is 6.65.